The minimum atomic E-state index is -0.152. The smallest absolute Gasteiger partial charge is 0.231 e. The van der Waals surface area contributed by atoms with Gasteiger partial charge < -0.3 is 24.4 Å². The molecule has 0 aromatic heterocycles. The van der Waals surface area contributed by atoms with E-state index in [9.17, 15) is 9.59 Å². The number of ether oxygens (including phenoxy) is 3. The first-order valence-corrected chi connectivity index (χ1v) is 9.22. The Morgan fingerprint density at radius 1 is 1.11 bits per heavy atom. The molecule has 7 nitrogen and oxygen atoms in total. The quantitative estimate of drug-likeness (QED) is 0.756. The minimum absolute atomic E-state index is 0.0912. The second-order valence-electron chi connectivity index (χ2n) is 6.38. The summed E-state index contributed by atoms with van der Waals surface area (Å²) in [5, 5.41) is 2.83. The third kappa shape index (κ3) is 5.16. The summed E-state index contributed by atoms with van der Waals surface area (Å²) in [7, 11) is 0. The molecule has 0 saturated carbocycles. The van der Waals surface area contributed by atoms with Crippen molar-refractivity contribution in [1.29, 1.82) is 0 Å². The zero-order valence-electron chi connectivity index (χ0n) is 16.1. The topological polar surface area (TPSA) is 77.1 Å². The number of fused-ring (bicyclic) bond motifs is 1. The Balaban J connectivity index is 1.52. The molecule has 3 rings (SSSR count). The molecule has 2 aromatic rings. The van der Waals surface area contributed by atoms with Gasteiger partial charge in [0, 0.05) is 32.1 Å². The molecule has 7 heteroatoms. The van der Waals surface area contributed by atoms with Crippen molar-refractivity contribution in [2.24, 2.45) is 0 Å². The Morgan fingerprint density at radius 2 is 1.86 bits per heavy atom. The highest BCUT2D eigenvalue weighted by Crippen LogP contribution is 2.32. The van der Waals surface area contributed by atoms with Crippen LogP contribution in [0.2, 0.25) is 0 Å². The first-order valence-electron chi connectivity index (χ1n) is 9.22. The molecule has 0 bridgehead atoms. The normalized spacial score (nSPS) is 11.8. The van der Waals surface area contributed by atoms with Gasteiger partial charge in [-0.15, -0.1) is 0 Å². The monoisotopic (exact) mass is 384 g/mol. The Morgan fingerprint density at radius 3 is 2.57 bits per heavy atom. The van der Waals surface area contributed by atoms with Crippen LogP contribution in [0.1, 0.15) is 25.8 Å². The fourth-order valence-electron chi connectivity index (χ4n) is 2.87. The van der Waals surface area contributed by atoms with E-state index in [0.29, 0.717) is 36.9 Å². The summed E-state index contributed by atoms with van der Waals surface area (Å²) in [4.78, 5) is 25.8. The summed E-state index contributed by atoms with van der Waals surface area (Å²) in [6, 6.07) is 12.8. The minimum Gasteiger partial charge on any atom is -0.494 e. The van der Waals surface area contributed by atoms with Gasteiger partial charge in [-0.2, -0.15) is 0 Å². The van der Waals surface area contributed by atoms with Gasteiger partial charge in [0.1, 0.15) is 5.75 Å². The largest absolute Gasteiger partial charge is 0.494 e. The fourth-order valence-corrected chi connectivity index (χ4v) is 2.87. The second kappa shape index (κ2) is 9.12. The summed E-state index contributed by atoms with van der Waals surface area (Å²) >= 11 is 0. The first-order chi connectivity index (χ1) is 13.5. The molecule has 2 amide bonds. The lowest BCUT2D eigenvalue weighted by Crippen LogP contribution is -2.31. The predicted octanol–water partition coefficient (Wildman–Crippen LogP) is 3.19. The third-order valence-corrected chi connectivity index (χ3v) is 4.31. The molecule has 0 fully saturated rings. The van der Waals surface area contributed by atoms with Gasteiger partial charge in [-0.1, -0.05) is 6.07 Å². The van der Waals surface area contributed by atoms with Gasteiger partial charge in [-0.25, -0.2) is 0 Å². The molecule has 0 spiro atoms. The van der Waals surface area contributed by atoms with Crippen LogP contribution in [-0.4, -0.2) is 36.7 Å². The number of carbonyl (C=O) groups excluding carboxylic acids is 2. The molecule has 1 aliphatic rings. The van der Waals surface area contributed by atoms with Gasteiger partial charge in [0.05, 0.1) is 6.61 Å². The predicted molar refractivity (Wildman–Crippen MR) is 105 cm³/mol. The highest BCUT2D eigenvalue weighted by molar-refractivity contribution is 5.91. The van der Waals surface area contributed by atoms with E-state index in [1.54, 1.807) is 29.2 Å². The Hall–Kier alpha value is -3.22. The zero-order chi connectivity index (χ0) is 19.9. The van der Waals surface area contributed by atoms with Crippen LogP contribution >= 0.6 is 0 Å². The number of rotatable bonds is 8. The van der Waals surface area contributed by atoms with Crippen LogP contribution in [0.5, 0.6) is 17.2 Å². The lowest BCUT2D eigenvalue weighted by atomic mass is 10.2. The Bertz CT molecular complexity index is 835. The van der Waals surface area contributed by atoms with Crippen molar-refractivity contribution < 1.29 is 23.8 Å². The van der Waals surface area contributed by atoms with Crippen molar-refractivity contribution >= 4 is 17.5 Å². The number of nitrogens with one attached hydrogen (secondary N) is 1. The molecule has 0 aliphatic carbocycles. The van der Waals surface area contributed by atoms with Crippen LogP contribution in [0.4, 0.5) is 5.69 Å². The highest BCUT2D eigenvalue weighted by Gasteiger charge is 2.16. The van der Waals surface area contributed by atoms with Crippen LogP contribution in [0.25, 0.3) is 0 Å². The zero-order valence-corrected chi connectivity index (χ0v) is 16.1. The average molecular weight is 384 g/mol. The maximum Gasteiger partial charge on any atom is 0.231 e. The van der Waals surface area contributed by atoms with Crippen molar-refractivity contribution in [3.05, 3.63) is 48.0 Å². The van der Waals surface area contributed by atoms with E-state index in [0.717, 1.165) is 11.3 Å². The Kier molecular flexibility index (Phi) is 6.37. The SMILES string of the molecule is CCOc1ccc(NC(=O)CCN(Cc2ccc3c(c2)OCO3)C(C)=O)cc1. The highest BCUT2D eigenvalue weighted by atomic mass is 16.7. The average Bonchev–Trinajstić information content (AvgIpc) is 3.14. The molecule has 28 heavy (non-hydrogen) atoms. The van der Waals surface area contributed by atoms with Gasteiger partial charge in [0.25, 0.3) is 0 Å². The number of carbonyl (C=O) groups is 2. The molecule has 1 N–H and O–H groups in total. The molecule has 148 valence electrons. The summed E-state index contributed by atoms with van der Waals surface area (Å²) in [6.45, 7) is 4.95. The van der Waals surface area contributed by atoms with Crippen molar-refractivity contribution in [2.75, 3.05) is 25.3 Å². The summed E-state index contributed by atoms with van der Waals surface area (Å²) in [5.74, 6) is 1.89. The van der Waals surface area contributed by atoms with Gasteiger partial charge >= 0.3 is 0 Å². The first kappa shape index (κ1) is 19.5. The molecule has 0 radical (unpaired) electrons. The van der Waals surface area contributed by atoms with Gasteiger partial charge in [0.15, 0.2) is 11.5 Å². The second-order valence-corrected chi connectivity index (χ2v) is 6.38. The van der Waals surface area contributed by atoms with E-state index in [-0.39, 0.29) is 25.0 Å². The number of anilines is 1. The standard InChI is InChI=1S/C21H24N2O5/c1-3-26-18-7-5-17(6-8-18)22-21(25)10-11-23(15(2)24)13-16-4-9-19-20(12-16)28-14-27-19/h4-9,12H,3,10-11,13-14H2,1-2H3,(H,22,25). The number of amides is 2. The van der Waals surface area contributed by atoms with Gasteiger partial charge in [-0.3, -0.25) is 9.59 Å². The maximum absolute atomic E-state index is 12.2. The van der Waals surface area contributed by atoms with Crippen LogP contribution < -0.4 is 19.5 Å². The van der Waals surface area contributed by atoms with Crippen molar-refractivity contribution in [3.8, 4) is 17.2 Å². The molecule has 1 heterocycles. The molecule has 0 atom stereocenters. The molecule has 2 aromatic carbocycles. The number of benzene rings is 2. The van der Waals surface area contributed by atoms with E-state index in [1.165, 1.54) is 6.92 Å². The lowest BCUT2D eigenvalue weighted by Gasteiger charge is -2.21. The summed E-state index contributed by atoms with van der Waals surface area (Å²) < 4.78 is 16.1. The van der Waals surface area contributed by atoms with Gasteiger partial charge in [0.2, 0.25) is 18.6 Å². The van der Waals surface area contributed by atoms with Crippen molar-refractivity contribution in [3.63, 3.8) is 0 Å². The summed E-state index contributed by atoms with van der Waals surface area (Å²) in [5.41, 5.74) is 1.62. The van der Waals surface area contributed by atoms with Crippen LogP contribution in [0.3, 0.4) is 0 Å². The van der Waals surface area contributed by atoms with E-state index < -0.39 is 0 Å². The van der Waals surface area contributed by atoms with Gasteiger partial charge in [-0.05, 0) is 48.9 Å². The Labute approximate surface area is 164 Å². The lowest BCUT2D eigenvalue weighted by molar-refractivity contribution is -0.129. The van der Waals surface area contributed by atoms with Crippen LogP contribution in [-0.2, 0) is 16.1 Å². The molecule has 0 saturated heterocycles. The van der Waals surface area contributed by atoms with E-state index >= 15 is 0 Å². The van der Waals surface area contributed by atoms with Crippen molar-refractivity contribution in [1.82, 2.24) is 4.90 Å². The number of hydrogen-bond acceptors (Lipinski definition) is 5. The number of hydrogen-bond donors (Lipinski definition) is 1. The van der Waals surface area contributed by atoms with Crippen LogP contribution in [0.15, 0.2) is 42.5 Å². The van der Waals surface area contributed by atoms with E-state index in [1.807, 2.05) is 25.1 Å². The van der Waals surface area contributed by atoms with Crippen molar-refractivity contribution in [2.45, 2.75) is 26.8 Å². The molecule has 0 unspecified atom stereocenters. The third-order valence-electron chi connectivity index (χ3n) is 4.31. The van der Waals surface area contributed by atoms with E-state index in [4.69, 9.17) is 14.2 Å². The fraction of sp³-hybridized carbons (Fsp3) is 0.333. The molecular formula is C21H24N2O5. The summed E-state index contributed by atoms with van der Waals surface area (Å²) in [6.07, 6.45) is 0.206. The van der Waals surface area contributed by atoms with E-state index in [2.05, 4.69) is 5.32 Å². The maximum atomic E-state index is 12.2. The number of nitrogens with zero attached hydrogens (tertiary/aromatic N) is 1. The molecule has 1 aliphatic heterocycles. The molecular weight excluding hydrogens is 360 g/mol. The van der Waals surface area contributed by atoms with Crippen LogP contribution in [0, 0.1) is 0 Å².